The number of nitrogens with zero attached hydrogens (tertiary/aromatic N) is 2. The average Bonchev–Trinajstić information content (AvgIpc) is 2.57. The molecule has 124 valence electrons. The van der Waals surface area contributed by atoms with Crippen LogP contribution < -0.4 is 9.64 Å². The van der Waals surface area contributed by atoms with Crippen molar-refractivity contribution in [1.82, 2.24) is 4.90 Å². The van der Waals surface area contributed by atoms with E-state index in [9.17, 15) is 9.59 Å². The lowest BCUT2D eigenvalue weighted by atomic mass is 10.1. The molecule has 2 heterocycles. The van der Waals surface area contributed by atoms with Crippen LogP contribution in [0.3, 0.4) is 0 Å². The minimum atomic E-state index is -0.0354. The van der Waals surface area contributed by atoms with Crippen LogP contribution in [0, 0.1) is 6.92 Å². The van der Waals surface area contributed by atoms with Gasteiger partial charge in [0.1, 0.15) is 5.75 Å². The molecule has 1 fully saturated rings. The van der Waals surface area contributed by atoms with Crippen molar-refractivity contribution in [3.63, 3.8) is 0 Å². The van der Waals surface area contributed by atoms with E-state index in [1.807, 2.05) is 30.0 Å². The Morgan fingerprint density at radius 1 is 1.22 bits per heavy atom. The van der Waals surface area contributed by atoms with Crippen LogP contribution in [0.2, 0.25) is 0 Å². The third kappa shape index (κ3) is 3.66. The number of piperidine rings is 1. The summed E-state index contributed by atoms with van der Waals surface area (Å²) in [7, 11) is 0. The zero-order chi connectivity index (χ0) is 16.2. The largest absolute Gasteiger partial charge is 0.482 e. The van der Waals surface area contributed by atoms with E-state index < -0.39 is 0 Å². The van der Waals surface area contributed by atoms with Crippen molar-refractivity contribution < 1.29 is 14.3 Å². The summed E-state index contributed by atoms with van der Waals surface area (Å²) in [6.45, 7) is 4.42. The zero-order valence-corrected chi connectivity index (χ0v) is 13.7. The van der Waals surface area contributed by atoms with Gasteiger partial charge in [-0.1, -0.05) is 6.07 Å². The van der Waals surface area contributed by atoms with Crippen LogP contribution >= 0.6 is 0 Å². The monoisotopic (exact) mass is 316 g/mol. The van der Waals surface area contributed by atoms with Crippen LogP contribution in [-0.4, -0.2) is 43.0 Å². The highest BCUT2D eigenvalue weighted by molar-refractivity contribution is 5.97. The first-order valence-corrected chi connectivity index (χ1v) is 8.47. The number of fused-ring (bicyclic) bond motifs is 1. The highest BCUT2D eigenvalue weighted by Crippen LogP contribution is 2.32. The van der Waals surface area contributed by atoms with E-state index in [-0.39, 0.29) is 18.4 Å². The maximum absolute atomic E-state index is 12.2. The lowest BCUT2D eigenvalue weighted by Crippen LogP contribution is -2.40. The second kappa shape index (κ2) is 7.02. The SMILES string of the molecule is Cc1ccc2c(c1)OCC(=O)N2CCCC(=O)N1CCCCC1. The third-order valence-electron chi connectivity index (χ3n) is 4.54. The van der Waals surface area contributed by atoms with Crippen LogP contribution in [0.25, 0.3) is 0 Å². The molecule has 1 saturated heterocycles. The highest BCUT2D eigenvalue weighted by atomic mass is 16.5. The Bertz CT molecular complexity index is 594. The molecule has 23 heavy (non-hydrogen) atoms. The molecule has 0 atom stereocenters. The molecule has 2 aliphatic heterocycles. The quantitative estimate of drug-likeness (QED) is 0.857. The first kappa shape index (κ1) is 15.8. The summed E-state index contributed by atoms with van der Waals surface area (Å²) >= 11 is 0. The normalized spacial score (nSPS) is 17.7. The van der Waals surface area contributed by atoms with Crippen molar-refractivity contribution >= 4 is 17.5 Å². The first-order valence-electron chi connectivity index (χ1n) is 8.47. The lowest BCUT2D eigenvalue weighted by molar-refractivity contribution is -0.132. The Balaban J connectivity index is 1.57. The Morgan fingerprint density at radius 2 is 2.00 bits per heavy atom. The summed E-state index contributed by atoms with van der Waals surface area (Å²) < 4.78 is 5.50. The van der Waals surface area contributed by atoms with Crippen molar-refractivity contribution in [2.75, 3.05) is 31.1 Å². The Labute approximate surface area is 137 Å². The molecule has 0 spiro atoms. The fraction of sp³-hybridized carbons (Fsp3) is 0.556. The van der Waals surface area contributed by atoms with Crippen molar-refractivity contribution in [2.45, 2.75) is 39.0 Å². The molecule has 2 aliphatic rings. The number of aryl methyl sites for hydroxylation is 1. The molecule has 0 saturated carbocycles. The van der Waals surface area contributed by atoms with Crippen molar-refractivity contribution in [2.24, 2.45) is 0 Å². The topological polar surface area (TPSA) is 49.9 Å². The number of amides is 2. The van der Waals surface area contributed by atoms with Gasteiger partial charge in [-0.25, -0.2) is 0 Å². The molecule has 0 unspecified atom stereocenters. The Kier molecular flexibility index (Phi) is 4.84. The Morgan fingerprint density at radius 3 is 2.78 bits per heavy atom. The second-order valence-corrected chi connectivity index (χ2v) is 6.35. The zero-order valence-electron chi connectivity index (χ0n) is 13.7. The molecule has 0 aliphatic carbocycles. The number of carbonyl (C=O) groups is 2. The number of benzene rings is 1. The van der Waals surface area contributed by atoms with E-state index in [1.165, 1.54) is 6.42 Å². The summed E-state index contributed by atoms with van der Waals surface area (Å²) in [5.41, 5.74) is 1.93. The number of ether oxygens (including phenoxy) is 1. The third-order valence-corrected chi connectivity index (χ3v) is 4.54. The smallest absolute Gasteiger partial charge is 0.265 e. The summed E-state index contributed by atoms with van der Waals surface area (Å²) in [6.07, 6.45) is 4.64. The Hall–Kier alpha value is -2.04. The molecular formula is C18H24N2O3. The van der Waals surface area contributed by atoms with E-state index in [4.69, 9.17) is 4.74 Å². The summed E-state index contributed by atoms with van der Waals surface area (Å²) in [6, 6.07) is 5.86. The first-order chi connectivity index (χ1) is 11.1. The van der Waals surface area contributed by atoms with Gasteiger partial charge >= 0.3 is 0 Å². The minimum absolute atomic E-state index is 0.0354. The number of hydrogen-bond acceptors (Lipinski definition) is 3. The predicted molar refractivity (Wildman–Crippen MR) is 88.7 cm³/mol. The van der Waals surface area contributed by atoms with Gasteiger partial charge in [-0.05, 0) is 50.3 Å². The molecule has 0 radical (unpaired) electrons. The van der Waals surface area contributed by atoms with E-state index in [2.05, 4.69) is 0 Å². The standard InChI is InChI=1S/C18H24N2O3/c1-14-7-8-15-16(12-14)23-13-18(22)20(15)11-5-6-17(21)19-9-3-2-4-10-19/h7-8,12H,2-6,9-11,13H2,1H3. The molecule has 0 N–H and O–H groups in total. The summed E-state index contributed by atoms with van der Waals surface area (Å²) in [5.74, 6) is 0.938. The number of anilines is 1. The predicted octanol–water partition coefficient (Wildman–Crippen LogP) is 2.51. The van der Waals surface area contributed by atoms with Gasteiger partial charge in [0.25, 0.3) is 5.91 Å². The van der Waals surface area contributed by atoms with Gasteiger partial charge in [-0.15, -0.1) is 0 Å². The van der Waals surface area contributed by atoms with Crippen LogP contribution in [0.15, 0.2) is 18.2 Å². The molecule has 5 heteroatoms. The lowest BCUT2D eigenvalue weighted by Gasteiger charge is -2.30. The molecular weight excluding hydrogens is 292 g/mol. The molecule has 1 aromatic carbocycles. The van der Waals surface area contributed by atoms with Crippen molar-refractivity contribution in [3.05, 3.63) is 23.8 Å². The van der Waals surface area contributed by atoms with Gasteiger partial charge in [0.05, 0.1) is 5.69 Å². The van der Waals surface area contributed by atoms with Gasteiger partial charge in [0, 0.05) is 26.1 Å². The average molecular weight is 316 g/mol. The molecule has 5 nitrogen and oxygen atoms in total. The van der Waals surface area contributed by atoms with Gasteiger partial charge in [-0.3, -0.25) is 9.59 Å². The van der Waals surface area contributed by atoms with Crippen LogP contribution in [-0.2, 0) is 9.59 Å². The minimum Gasteiger partial charge on any atom is -0.482 e. The molecule has 2 amide bonds. The van der Waals surface area contributed by atoms with E-state index in [0.717, 1.165) is 42.9 Å². The van der Waals surface area contributed by atoms with Crippen molar-refractivity contribution in [1.29, 1.82) is 0 Å². The van der Waals surface area contributed by atoms with Gasteiger partial charge in [0.2, 0.25) is 5.91 Å². The number of carbonyl (C=O) groups excluding carboxylic acids is 2. The van der Waals surface area contributed by atoms with E-state index >= 15 is 0 Å². The van der Waals surface area contributed by atoms with Gasteiger partial charge in [-0.2, -0.15) is 0 Å². The van der Waals surface area contributed by atoms with Crippen LogP contribution in [0.4, 0.5) is 5.69 Å². The van der Waals surface area contributed by atoms with Crippen molar-refractivity contribution in [3.8, 4) is 5.75 Å². The number of likely N-dealkylation sites (tertiary alicyclic amines) is 1. The fourth-order valence-electron chi connectivity index (χ4n) is 3.25. The second-order valence-electron chi connectivity index (χ2n) is 6.35. The molecule has 3 rings (SSSR count). The van der Waals surface area contributed by atoms with E-state index in [1.54, 1.807) is 4.90 Å². The molecule has 0 bridgehead atoms. The number of hydrogen-bond donors (Lipinski definition) is 0. The molecule has 0 aromatic heterocycles. The maximum atomic E-state index is 12.2. The summed E-state index contributed by atoms with van der Waals surface area (Å²) in [5, 5.41) is 0. The maximum Gasteiger partial charge on any atom is 0.265 e. The fourth-order valence-corrected chi connectivity index (χ4v) is 3.25. The highest BCUT2D eigenvalue weighted by Gasteiger charge is 2.25. The van der Waals surface area contributed by atoms with Gasteiger partial charge in [0.15, 0.2) is 6.61 Å². The van der Waals surface area contributed by atoms with Crippen LogP contribution in [0.5, 0.6) is 5.75 Å². The molecule has 1 aromatic rings. The summed E-state index contributed by atoms with van der Waals surface area (Å²) in [4.78, 5) is 28.0. The van der Waals surface area contributed by atoms with Gasteiger partial charge < -0.3 is 14.5 Å². The van der Waals surface area contributed by atoms with E-state index in [0.29, 0.717) is 19.4 Å². The number of rotatable bonds is 4. The van der Waals surface area contributed by atoms with Crippen LogP contribution in [0.1, 0.15) is 37.7 Å².